The van der Waals surface area contributed by atoms with Crippen molar-refractivity contribution in [3.8, 4) is 0 Å². The zero-order valence-corrected chi connectivity index (χ0v) is 24.7. The Morgan fingerprint density at radius 1 is 0.700 bits per heavy atom. The Morgan fingerprint density at radius 2 is 1.03 bits per heavy atom. The molecule has 0 aromatic carbocycles. The van der Waals surface area contributed by atoms with E-state index in [1.54, 1.807) is 0 Å². The quantitative estimate of drug-likeness (QED) is 0.304. The van der Waals surface area contributed by atoms with Gasteiger partial charge in [-0.05, 0) is 115 Å². The summed E-state index contributed by atoms with van der Waals surface area (Å²) in [5, 5.41) is 0. The minimum Gasteiger partial charge on any atom is -0.461 e. The summed E-state index contributed by atoms with van der Waals surface area (Å²) >= 11 is 0. The van der Waals surface area contributed by atoms with Gasteiger partial charge in [-0.2, -0.15) is 0 Å². The van der Waals surface area contributed by atoms with E-state index in [4.69, 9.17) is 17.1 Å². The second kappa shape index (κ2) is 8.21. The molecule has 0 unspecified atom stereocenters. The Hall–Kier alpha value is 0.218. The number of ether oxygens (including phenoxy) is 1. The van der Waals surface area contributed by atoms with Gasteiger partial charge in [-0.1, -0.05) is 0 Å². The maximum Gasteiger partial charge on any atom is 0.509 e. The third-order valence-electron chi connectivity index (χ3n) is 6.24. The van der Waals surface area contributed by atoms with Crippen LogP contribution in [0.15, 0.2) is 0 Å². The number of carbonyl (C=O) groups excluding carboxylic acids is 1. The summed E-state index contributed by atoms with van der Waals surface area (Å²) in [6.45, 7) is 19.5. The summed E-state index contributed by atoms with van der Waals surface area (Å²) in [6, 6.07) is 0. The number of hydrogen-bond donors (Lipinski definition) is 0. The van der Waals surface area contributed by atoms with Crippen molar-refractivity contribution in [2.75, 3.05) is 6.23 Å². The van der Waals surface area contributed by atoms with Gasteiger partial charge in [0.1, 0.15) is 0 Å². The topological polar surface area (TPSA) is 54.0 Å². The van der Waals surface area contributed by atoms with Crippen LogP contribution in [0.1, 0.15) is 38.5 Å². The zero-order chi connectivity index (χ0) is 22.6. The highest BCUT2D eigenvalue weighted by Gasteiger charge is 2.57. The molecular weight excluding hydrogens is 445 g/mol. The van der Waals surface area contributed by atoms with Crippen molar-refractivity contribution in [2.45, 2.75) is 97.4 Å². The molecule has 0 atom stereocenters. The molecule has 0 radical (unpaired) electrons. The first kappa shape index (κ1) is 24.9. The monoisotopic (exact) mass is 488 g/mol. The van der Waals surface area contributed by atoms with Crippen molar-refractivity contribution in [3.63, 3.8) is 0 Å². The van der Waals surface area contributed by atoms with Gasteiger partial charge in [-0.25, -0.2) is 0 Å². The first-order valence-corrected chi connectivity index (χ1v) is 23.9. The molecule has 5 nitrogen and oxygen atoms in total. The smallest absolute Gasteiger partial charge is 0.461 e. The normalized spacial score (nSPS) is 31.8. The maximum atomic E-state index is 13.5. The summed E-state index contributed by atoms with van der Waals surface area (Å²) < 4.78 is 26.2. The fourth-order valence-corrected chi connectivity index (χ4v) is 20.1. The predicted octanol–water partition coefficient (Wildman–Crippen LogP) is 5.78. The van der Waals surface area contributed by atoms with Crippen molar-refractivity contribution in [1.82, 2.24) is 0 Å². The van der Waals surface area contributed by atoms with E-state index in [1.807, 2.05) is 0 Å². The molecule has 4 bridgehead atoms. The van der Waals surface area contributed by atoms with Crippen molar-refractivity contribution >= 4 is 39.7 Å². The molecule has 0 spiro atoms. The molecule has 0 aromatic rings. The van der Waals surface area contributed by atoms with Crippen LogP contribution in [0.3, 0.4) is 0 Å². The summed E-state index contributed by atoms with van der Waals surface area (Å²) in [5.74, 6) is 2.16. The van der Waals surface area contributed by atoms with Crippen LogP contribution in [0.5, 0.6) is 0 Å². The first-order chi connectivity index (χ1) is 13.5. The molecule has 0 aromatic heterocycles. The highest BCUT2D eigenvalue weighted by Crippen LogP contribution is 2.60. The van der Waals surface area contributed by atoms with Crippen LogP contribution in [0.25, 0.3) is 0 Å². The molecule has 0 heterocycles. The van der Waals surface area contributed by atoms with Gasteiger partial charge in [0.2, 0.25) is 0 Å². The van der Waals surface area contributed by atoms with E-state index in [0.717, 1.165) is 37.0 Å². The minimum atomic E-state index is -3.14. The van der Waals surface area contributed by atoms with E-state index >= 15 is 0 Å². The molecule has 4 saturated carbocycles. The molecule has 0 saturated heterocycles. The lowest BCUT2D eigenvalue weighted by atomic mass is 9.49. The summed E-state index contributed by atoms with van der Waals surface area (Å²) in [6.07, 6.45) is 7.19. The van der Waals surface area contributed by atoms with Gasteiger partial charge in [-0.15, -0.1) is 0 Å². The SMILES string of the molecule is C[Si](C)(C)O[Si](COC(=O)C12CC3CC(CC(C3)C1)C2)(O[Si](C)(C)C)O[Si](C)(C)C. The minimum absolute atomic E-state index is 0.00370. The van der Waals surface area contributed by atoms with E-state index < -0.39 is 33.8 Å². The molecular formula is C21H44O5Si4. The molecule has 174 valence electrons. The lowest BCUT2D eigenvalue weighted by molar-refractivity contribution is -0.170. The Morgan fingerprint density at radius 3 is 1.33 bits per heavy atom. The van der Waals surface area contributed by atoms with E-state index in [-0.39, 0.29) is 17.6 Å². The summed E-state index contributed by atoms with van der Waals surface area (Å²) in [7, 11) is -9.05. The Balaban J connectivity index is 1.80. The van der Waals surface area contributed by atoms with Crippen molar-refractivity contribution in [2.24, 2.45) is 23.2 Å². The molecule has 30 heavy (non-hydrogen) atoms. The fraction of sp³-hybridized carbons (Fsp3) is 0.952. The van der Waals surface area contributed by atoms with Crippen LogP contribution >= 0.6 is 0 Å². The van der Waals surface area contributed by atoms with E-state index in [1.165, 1.54) is 19.3 Å². The second-order valence-electron chi connectivity index (χ2n) is 13.1. The van der Waals surface area contributed by atoms with Crippen LogP contribution in [0.2, 0.25) is 58.9 Å². The third kappa shape index (κ3) is 6.38. The lowest BCUT2D eigenvalue weighted by Gasteiger charge is -2.55. The lowest BCUT2D eigenvalue weighted by Crippen LogP contribution is -2.64. The van der Waals surface area contributed by atoms with Gasteiger partial charge in [0, 0.05) is 0 Å². The zero-order valence-electron chi connectivity index (χ0n) is 20.7. The molecule has 4 fully saturated rings. The van der Waals surface area contributed by atoms with Crippen molar-refractivity contribution in [3.05, 3.63) is 0 Å². The average molecular weight is 489 g/mol. The number of carbonyl (C=O) groups is 1. The molecule has 4 aliphatic carbocycles. The van der Waals surface area contributed by atoms with E-state index in [2.05, 4.69) is 58.9 Å². The highest BCUT2D eigenvalue weighted by atomic mass is 28.5. The Labute approximate surface area is 188 Å². The first-order valence-electron chi connectivity index (χ1n) is 11.8. The van der Waals surface area contributed by atoms with Crippen molar-refractivity contribution < 1.29 is 21.9 Å². The summed E-state index contributed by atoms with van der Waals surface area (Å²) in [5.41, 5.74) is -0.258. The second-order valence-corrected chi connectivity index (χ2v) is 29.9. The Bertz CT molecular complexity index is 571. The van der Waals surface area contributed by atoms with Gasteiger partial charge < -0.3 is 17.1 Å². The van der Waals surface area contributed by atoms with E-state index in [9.17, 15) is 4.79 Å². The van der Waals surface area contributed by atoms with Gasteiger partial charge >= 0.3 is 14.8 Å². The molecule has 0 N–H and O–H groups in total. The molecule has 0 amide bonds. The van der Waals surface area contributed by atoms with Gasteiger partial charge in [-0.3, -0.25) is 4.79 Å². The molecule has 9 heteroatoms. The van der Waals surface area contributed by atoms with Gasteiger partial charge in [0.15, 0.2) is 31.2 Å². The largest absolute Gasteiger partial charge is 0.509 e. The van der Waals surface area contributed by atoms with Gasteiger partial charge in [0.25, 0.3) is 0 Å². The number of rotatable bonds is 9. The third-order valence-corrected chi connectivity index (χ3v) is 17.8. The van der Waals surface area contributed by atoms with Crippen LogP contribution in [0.4, 0.5) is 0 Å². The summed E-state index contributed by atoms with van der Waals surface area (Å²) in [4.78, 5) is 13.5. The average Bonchev–Trinajstić information content (AvgIpc) is 2.45. The fourth-order valence-electron chi connectivity index (χ4n) is 6.22. The van der Waals surface area contributed by atoms with Crippen LogP contribution in [-0.2, 0) is 21.9 Å². The molecule has 4 rings (SSSR count). The highest BCUT2D eigenvalue weighted by molar-refractivity contribution is 6.90. The van der Waals surface area contributed by atoms with Crippen molar-refractivity contribution in [1.29, 1.82) is 0 Å². The van der Waals surface area contributed by atoms with Crippen LogP contribution in [0, 0.1) is 23.2 Å². The van der Waals surface area contributed by atoms with E-state index in [0.29, 0.717) is 0 Å². The van der Waals surface area contributed by atoms with Gasteiger partial charge in [0.05, 0.1) is 5.41 Å². The number of esters is 1. The molecule has 0 aliphatic heterocycles. The molecule has 4 aliphatic rings. The Kier molecular flexibility index (Phi) is 6.80. The predicted molar refractivity (Wildman–Crippen MR) is 131 cm³/mol. The standard InChI is InChI=1S/C21H44O5Si4/c1-27(2,3)24-30(25-28(4,5)6,26-29(7,8)9)16-23-20(22)21-13-17-10-18(14-21)12-19(11-17)15-21/h17-19H,10-16H2,1-9H3. The van der Waals surface area contributed by atoms with Crippen LogP contribution < -0.4 is 0 Å². The maximum absolute atomic E-state index is 13.5. The van der Waals surface area contributed by atoms with Crippen LogP contribution in [-0.4, -0.2) is 46.0 Å². The number of hydrogen-bond acceptors (Lipinski definition) is 5.